The van der Waals surface area contributed by atoms with Crippen LogP contribution in [0.15, 0.2) is 24.3 Å². The van der Waals surface area contributed by atoms with E-state index in [0.717, 1.165) is 44.9 Å². The van der Waals surface area contributed by atoms with E-state index in [4.69, 9.17) is 0 Å². The molecule has 0 heterocycles. The molecule has 0 saturated heterocycles. The summed E-state index contributed by atoms with van der Waals surface area (Å²) in [6.45, 7) is 4.49. The van der Waals surface area contributed by atoms with Crippen molar-refractivity contribution >= 4 is 16.0 Å². The fourth-order valence-electron chi connectivity index (χ4n) is 6.31. The number of aliphatic hydroxyl groups is 1. The summed E-state index contributed by atoms with van der Waals surface area (Å²) in [6, 6.07) is -0.968. The maximum atomic E-state index is 12.5. The summed E-state index contributed by atoms with van der Waals surface area (Å²) >= 11 is 0. The number of unbranched alkanes of at least 4 members (excludes halogenated alkanes) is 25. The van der Waals surface area contributed by atoms with Gasteiger partial charge in [0.05, 0.1) is 17.9 Å². The number of allylic oxidation sites excluding steroid dienone is 4. The van der Waals surface area contributed by atoms with Crippen molar-refractivity contribution in [2.45, 2.75) is 225 Å². The van der Waals surface area contributed by atoms with E-state index in [2.05, 4.69) is 43.5 Å². The average Bonchev–Trinajstić information content (AvgIpc) is 3.05. The monoisotopic (exact) mass is 698 g/mol. The van der Waals surface area contributed by atoms with Gasteiger partial charge in [-0.05, 0) is 44.9 Å². The first-order valence-corrected chi connectivity index (χ1v) is 22.1. The van der Waals surface area contributed by atoms with Gasteiger partial charge in [-0.15, -0.1) is 0 Å². The van der Waals surface area contributed by atoms with Gasteiger partial charge in [-0.3, -0.25) is 9.35 Å². The van der Waals surface area contributed by atoms with Crippen LogP contribution >= 0.6 is 0 Å². The van der Waals surface area contributed by atoms with Crippen LogP contribution in [0.2, 0.25) is 0 Å². The summed E-state index contributed by atoms with van der Waals surface area (Å²) in [5.41, 5.74) is 0. The third-order valence-corrected chi connectivity index (χ3v) is 10.2. The molecule has 0 aliphatic heterocycles. The zero-order valence-electron chi connectivity index (χ0n) is 31.6. The molecule has 48 heavy (non-hydrogen) atoms. The molecule has 0 spiro atoms. The van der Waals surface area contributed by atoms with Gasteiger partial charge >= 0.3 is 0 Å². The molecular formula is C41H79NO5S. The van der Waals surface area contributed by atoms with Crippen molar-refractivity contribution in [3.05, 3.63) is 24.3 Å². The van der Waals surface area contributed by atoms with Gasteiger partial charge in [0.2, 0.25) is 5.91 Å². The third kappa shape index (κ3) is 36.1. The quantitative estimate of drug-likeness (QED) is 0.0340. The number of carbonyl (C=O) groups excluding carboxylic acids is 1. The molecule has 0 aromatic heterocycles. The minimum absolute atomic E-state index is 0.249. The Balaban J connectivity index is 3.77. The molecule has 0 radical (unpaired) electrons. The molecular weight excluding hydrogens is 619 g/mol. The van der Waals surface area contributed by atoms with Gasteiger partial charge in [0.25, 0.3) is 10.1 Å². The normalized spacial score (nSPS) is 13.5. The number of nitrogens with one attached hydrogen (secondary N) is 1. The van der Waals surface area contributed by atoms with Gasteiger partial charge in [-0.2, -0.15) is 8.42 Å². The molecule has 0 rings (SSSR count). The van der Waals surface area contributed by atoms with Crippen molar-refractivity contribution in [1.29, 1.82) is 0 Å². The first-order chi connectivity index (χ1) is 23.3. The Kier molecular flexibility index (Phi) is 34.8. The SMILES string of the molecule is CCCCCCC/C=C\C/C=C\CCCCCCCCCCCCCC(=O)NC(CS(=O)(=O)O)C(O)CCCCCCCCCCCC. The van der Waals surface area contributed by atoms with Crippen LogP contribution in [0.4, 0.5) is 0 Å². The number of carbonyl (C=O) groups is 1. The summed E-state index contributed by atoms with van der Waals surface area (Å²) in [5, 5.41) is 13.3. The highest BCUT2D eigenvalue weighted by atomic mass is 32.2. The largest absolute Gasteiger partial charge is 0.391 e. The Morgan fingerprint density at radius 2 is 0.938 bits per heavy atom. The van der Waals surface area contributed by atoms with Crippen molar-refractivity contribution in [2.24, 2.45) is 0 Å². The molecule has 7 heteroatoms. The molecule has 0 aliphatic rings. The van der Waals surface area contributed by atoms with Gasteiger partial charge < -0.3 is 10.4 Å². The van der Waals surface area contributed by atoms with Gasteiger partial charge in [0, 0.05) is 6.42 Å². The number of amides is 1. The standard InChI is InChI=1S/C41H79NO5S/c1-3-5-7-9-11-13-15-16-17-18-19-20-21-22-23-24-25-26-27-29-31-33-35-37-41(44)42-39(38-48(45,46)47)40(43)36-34-32-30-28-14-12-10-8-6-4-2/h15-16,18-19,39-40,43H,3-14,17,20-38H2,1-2H3,(H,42,44)(H,45,46,47)/b16-15-,19-18-. The predicted molar refractivity (Wildman–Crippen MR) is 207 cm³/mol. The Morgan fingerprint density at radius 3 is 1.35 bits per heavy atom. The number of aliphatic hydroxyl groups excluding tert-OH is 1. The predicted octanol–water partition coefficient (Wildman–Crippen LogP) is 12.0. The van der Waals surface area contributed by atoms with Gasteiger partial charge in [-0.1, -0.05) is 186 Å². The summed E-state index contributed by atoms with van der Waals surface area (Å²) in [4.78, 5) is 12.5. The zero-order chi connectivity index (χ0) is 35.4. The van der Waals surface area contributed by atoms with E-state index < -0.39 is 28.0 Å². The van der Waals surface area contributed by atoms with Crippen molar-refractivity contribution in [1.82, 2.24) is 5.32 Å². The summed E-state index contributed by atoms with van der Waals surface area (Å²) in [6.07, 6.45) is 44.2. The van der Waals surface area contributed by atoms with Crippen LogP contribution in [0.1, 0.15) is 213 Å². The first kappa shape index (κ1) is 46.8. The van der Waals surface area contributed by atoms with Crippen LogP contribution in [0, 0.1) is 0 Å². The maximum absolute atomic E-state index is 12.5. The number of hydrogen-bond acceptors (Lipinski definition) is 4. The Bertz CT molecular complexity index is 857. The lowest BCUT2D eigenvalue weighted by molar-refractivity contribution is -0.122. The molecule has 3 N–H and O–H groups in total. The zero-order valence-corrected chi connectivity index (χ0v) is 32.4. The van der Waals surface area contributed by atoms with E-state index in [1.54, 1.807) is 0 Å². The number of rotatable bonds is 37. The molecule has 0 aromatic rings. The van der Waals surface area contributed by atoms with Crippen LogP contribution < -0.4 is 5.32 Å². The molecule has 2 atom stereocenters. The van der Waals surface area contributed by atoms with Gasteiger partial charge in [0.1, 0.15) is 0 Å². The fourth-order valence-corrected chi connectivity index (χ4v) is 7.07. The smallest absolute Gasteiger partial charge is 0.266 e. The van der Waals surface area contributed by atoms with E-state index in [1.807, 2.05) is 0 Å². The minimum atomic E-state index is -4.30. The highest BCUT2D eigenvalue weighted by molar-refractivity contribution is 7.85. The second kappa shape index (κ2) is 35.6. The van der Waals surface area contributed by atoms with Crippen LogP contribution in [-0.4, -0.2) is 41.9 Å². The summed E-state index contributed by atoms with van der Waals surface area (Å²) in [5.74, 6) is -0.895. The van der Waals surface area contributed by atoms with Gasteiger partial charge in [-0.25, -0.2) is 0 Å². The third-order valence-electron chi connectivity index (χ3n) is 9.41. The lowest BCUT2D eigenvalue weighted by Crippen LogP contribution is -2.47. The van der Waals surface area contributed by atoms with Crippen molar-refractivity contribution in [3.63, 3.8) is 0 Å². The van der Waals surface area contributed by atoms with E-state index in [0.29, 0.717) is 12.8 Å². The van der Waals surface area contributed by atoms with Crippen molar-refractivity contribution in [3.8, 4) is 0 Å². The second-order valence-electron chi connectivity index (χ2n) is 14.3. The Morgan fingerprint density at radius 1 is 0.562 bits per heavy atom. The van der Waals surface area contributed by atoms with E-state index in [9.17, 15) is 22.9 Å². The topological polar surface area (TPSA) is 104 Å². The van der Waals surface area contributed by atoms with Crippen LogP contribution in [-0.2, 0) is 14.9 Å². The molecule has 0 saturated carbocycles. The van der Waals surface area contributed by atoms with Gasteiger partial charge in [0.15, 0.2) is 0 Å². The molecule has 2 unspecified atom stereocenters. The highest BCUT2D eigenvalue weighted by Crippen LogP contribution is 2.15. The Labute approximate surface area is 298 Å². The second-order valence-corrected chi connectivity index (χ2v) is 15.8. The lowest BCUT2D eigenvalue weighted by atomic mass is 10.0. The number of hydrogen-bond donors (Lipinski definition) is 3. The van der Waals surface area contributed by atoms with Crippen molar-refractivity contribution in [2.75, 3.05) is 5.75 Å². The average molecular weight is 698 g/mol. The first-order valence-electron chi connectivity index (χ1n) is 20.5. The lowest BCUT2D eigenvalue weighted by Gasteiger charge is -2.23. The van der Waals surface area contributed by atoms with E-state index in [1.165, 1.54) is 141 Å². The molecule has 0 aromatic carbocycles. The van der Waals surface area contributed by atoms with Crippen molar-refractivity contribution < 1.29 is 22.9 Å². The summed E-state index contributed by atoms with van der Waals surface area (Å²) < 4.78 is 32.4. The van der Waals surface area contributed by atoms with E-state index in [-0.39, 0.29) is 5.91 Å². The summed E-state index contributed by atoms with van der Waals surface area (Å²) in [7, 11) is -4.30. The molecule has 0 aliphatic carbocycles. The van der Waals surface area contributed by atoms with E-state index >= 15 is 0 Å². The van der Waals surface area contributed by atoms with Crippen LogP contribution in [0.5, 0.6) is 0 Å². The highest BCUT2D eigenvalue weighted by Gasteiger charge is 2.26. The fraction of sp³-hybridized carbons (Fsp3) is 0.878. The van der Waals surface area contributed by atoms with Crippen LogP contribution in [0.3, 0.4) is 0 Å². The Hall–Kier alpha value is -1.18. The maximum Gasteiger partial charge on any atom is 0.266 e. The molecule has 6 nitrogen and oxygen atoms in total. The molecule has 0 bridgehead atoms. The minimum Gasteiger partial charge on any atom is -0.391 e. The molecule has 1 amide bonds. The molecule has 0 fully saturated rings. The molecule has 284 valence electrons. The van der Waals surface area contributed by atoms with Crippen LogP contribution in [0.25, 0.3) is 0 Å².